The summed E-state index contributed by atoms with van der Waals surface area (Å²) in [7, 11) is 0. The van der Waals surface area contributed by atoms with Gasteiger partial charge in [-0.25, -0.2) is 0 Å². The predicted octanol–water partition coefficient (Wildman–Crippen LogP) is -1.85. The molecule has 0 aromatic rings. The Morgan fingerprint density at radius 3 is 2.46 bits per heavy atom. The Kier molecular flexibility index (Phi) is 2.62. The molecule has 6 heteroatoms. The average molecular weight is 186 g/mol. The van der Waals surface area contributed by atoms with E-state index in [4.69, 9.17) is 5.11 Å². The van der Waals surface area contributed by atoms with Crippen molar-refractivity contribution < 1.29 is 19.5 Å². The average Bonchev–Trinajstić information content (AvgIpc) is 2.09. The normalized spacial score (nSPS) is 20.5. The van der Waals surface area contributed by atoms with Crippen molar-refractivity contribution in [2.75, 3.05) is 13.1 Å². The van der Waals surface area contributed by atoms with Crippen molar-refractivity contribution in [2.45, 2.75) is 13.2 Å². The first kappa shape index (κ1) is 9.66. The maximum atomic E-state index is 11.2. The zero-order valence-electron chi connectivity index (χ0n) is 7.14. The van der Waals surface area contributed by atoms with E-state index in [-0.39, 0.29) is 13.1 Å². The molecule has 6 nitrogen and oxygen atoms in total. The summed E-state index contributed by atoms with van der Waals surface area (Å²) >= 11 is 0. The van der Waals surface area contributed by atoms with E-state index in [0.29, 0.717) is 6.41 Å². The number of hydrogen-bond donors (Lipinski definition) is 1. The maximum Gasteiger partial charge on any atom is 0.318 e. The standard InChI is InChI=1S/C7H10N2O4/c1-5(11)9-3-2-8(4-10)6(12)7(9)13/h4-5,11H,2-3H2,1H3. The summed E-state index contributed by atoms with van der Waals surface area (Å²) in [4.78, 5) is 34.3. The lowest BCUT2D eigenvalue weighted by atomic mass is 10.3. The zero-order chi connectivity index (χ0) is 10.0. The predicted molar refractivity (Wildman–Crippen MR) is 41.2 cm³/mol. The first-order chi connectivity index (χ1) is 6.07. The molecular formula is C7H10N2O4. The maximum absolute atomic E-state index is 11.2. The van der Waals surface area contributed by atoms with Crippen molar-refractivity contribution in [2.24, 2.45) is 0 Å². The minimum Gasteiger partial charge on any atom is -0.374 e. The fourth-order valence-electron chi connectivity index (χ4n) is 1.12. The van der Waals surface area contributed by atoms with Gasteiger partial charge in [0, 0.05) is 13.1 Å². The highest BCUT2D eigenvalue weighted by Gasteiger charge is 2.34. The van der Waals surface area contributed by atoms with Crippen LogP contribution in [0.1, 0.15) is 6.92 Å². The number of carbonyl (C=O) groups is 3. The Hall–Kier alpha value is -1.43. The van der Waals surface area contributed by atoms with Gasteiger partial charge in [0.05, 0.1) is 0 Å². The van der Waals surface area contributed by atoms with E-state index in [1.54, 1.807) is 0 Å². The summed E-state index contributed by atoms with van der Waals surface area (Å²) in [5.41, 5.74) is 0. The Labute approximate surface area is 74.7 Å². The van der Waals surface area contributed by atoms with Crippen LogP contribution in [0, 0.1) is 0 Å². The molecule has 1 fully saturated rings. The van der Waals surface area contributed by atoms with Gasteiger partial charge in [0.15, 0.2) is 0 Å². The second-order valence-electron chi connectivity index (χ2n) is 2.73. The van der Waals surface area contributed by atoms with Crippen LogP contribution in [0.4, 0.5) is 0 Å². The van der Waals surface area contributed by atoms with Crippen LogP contribution < -0.4 is 0 Å². The lowest BCUT2D eigenvalue weighted by molar-refractivity contribution is -0.164. The van der Waals surface area contributed by atoms with Crippen molar-refractivity contribution in [3.8, 4) is 0 Å². The number of hydrogen-bond acceptors (Lipinski definition) is 4. The molecule has 1 N–H and O–H groups in total. The molecule has 1 aliphatic rings. The van der Waals surface area contributed by atoms with Crippen molar-refractivity contribution in [3.05, 3.63) is 0 Å². The molecule has 0 aliphatic carbocycles. The lowest BCUT2D eigenvalue weighted by Crippen LogP contribution is -2.56. The molecule has 0 spiro atoms. The second-order valence-corrected chi connectivity index (χ2v) is 2.73. The van der Waals surface area contributed by atoms with E-state index in [1.165, 1.54) is 6.92 Å². The monoisotopic (exact) mass is 186 g/mol. The molecular weight excluding hydrogens is 176 g/mol. The summed E-state index contributed by atoms with van der Waals surface area (Å²) in [5.74, 6) is -1.73. The van der Waals surface area contributed by atoms with Crippen LogP contribution >= 0.6 is 0 Å². The van der Waals surface area contributed by atoms with Gasteiger partial charge in [0.25, 0.3) is 0 Å². The molecule has 0 aromatic carbocycles. The van der Waals surface area contributed by atoms with Crippen LogP contribution in [0.25, 0.3) is 0 Å². The van der Waals surface area contributed by atoms with Crippen LogP contribution in [-0.2, 0) is 14.4 Å². The van der Waals surface area contributed by atoms with Gasteiger partial charge in [-0.1, -0.05) is 0 Å². The number of carbonyl (C=O) groups excluding carboxylic acids is 3. The third kappa shape index (κ3) is 1.67. The van der Waals surface area contributed by atoms with Gasteiger partial charge in [0.2, 0.25) is 6.41 Å². The molecule has 1 heterocycles. The van der Waals surface area contributed by atoms with E-state index >= 15 is 0 Å². The van der Waals surface area contributed by atoms with E-state index < -0.39 is 18.0 Å². The number of aliphatic hydroxyl groups excluding tert-OH is 1. The zero-order valence-corrected chi connectivity index (χ0v) is 7.14. The number of rotatable bonds is 2. The highest BCUT2D eigenvalue weighted by Crippen LogP contribution is 2.05. The van der Waals surface area contributed by atoms with Crippen LogP contribution in [0.2, 0.25) is 0 Å². The van der Waals surface area contributed by atoms with Gasteiger partial charge in [-0.15, -0.1) is 0 Å². The van der Waals surface area contributed by atoms with Crippen LogP contribution in [-0.4, -0.2) is 52.4 Å². The number of aliphatic hydroxyl groups is 1. The molecule has 1 rings (SSSR count). The third-order valence-corrected chi connectivity index (χ3v) is 1.86. The van der Waals surface area contributed by atoms with Gasteiger partial charge in [-0.3, -0.25) is 19.3 Å². The Bertz CT molecular complexity index is 251. The van der Waals surface area contributed by atoms with Crippen LogP contribution in [0.3, 0.4) is 0 Å². The quantitative estimate of drug-likeness (QED) is 0.405. The van der Waals surface area contributed by atoms with Crippen molar-refractivity contribution in [1.82, 2.24) is 9.80 Å². The van der Waals surface area contributed by atoms with E-state index in [2.05, 4.69) is 0 Å². The van der Waals surface area contributed by atoms with E-state index in [0.717, 1.165) is 9.80 Å². The van der Waals surface area contributed by atoms with Crippen molar-refractivity contribution in [3.63, 3.8) is 0 Å². The number of nitrogens with zero attached hydrogens (tertiary/aromatic N) is 2. The molecule has 72 valence electrons. The largest absolute Gasteiger partial charge is 0.374 e. The molecule has 1 saturated heterocycles. The number of piperazine rings is 1. The van der Waals surface area contributed by atoms with Gasteiger partial charge in [-0.05, 0) is 6.92 Å². The highest BCUT2D eigenvalue weighted by molar-refractivity contribution is 6.37. The van der Waals surface area contributed by atoms with Gasteiger partial charge in [0.1, 0.15) is 6.23 Å². The van der Waals surface area contributed by atoms with Crippen LogP contribution in [0.5, 0.6) is 0 Å². The number of amides is 3. The Morgan fingerprint density at radius 1 is 1.38 bits per heavy atom. The summed E-state index contributed by atoms with van der Waals surface area (Å²) < 4.78 is 0. The fourth-order valence-corrected chi connectivity index (χ4v) is 1.12. The molecule has 0 saturated carbocycles. The molecule has 0 bridgehead atoms. The van der Waals surface area contributed by atoms with Gasteiger partial charge in [-0.2, -0.15) is 0 Å². The Balaban J connectivity index is 2.76. The molecule has 13 heavy (non-hydrogen) atoms. The summed E-state index contributed by atoms with van der Waals surface area (Å²) in [6, 6.07) is 0. The SMILES string of the molecule is CC(O)N1CCN(C=O)C(=O)C1=O. The highest BCUT2D eigenvalue weighted by atomic mass is 16.3. The second kappa shape index (κ2) is 3.53. The smallest absolute Gasteiger partial charge is 0.318 e. The minimum atomic E-state index is -0.995. The van der Waals surface area contributed by atoms with Gasteiger partial charge < -0.3 is 10.0 Å². The minimum absolute atomic E-state index is 0.138. The molecule has 0 aromatic heterocycles. The van der Waals surface area contributed by atoms with Crippen LogP contribution in [0.15, 0.2) is 0 Å². The van der Waals surface area contributed by atoms with E-state index in [1.807, 2.05) is 0 Å². The summed E-state index contributed by atoms with van der Waals surface area (Å²) in [5, 5.41) is 9.07. The van der Waals surface area contributed by atoms with E-state index in [9.17, 15) is 14.4 Å². The summed E-state index contributed by atoms with van der Waals surface area (Å²) in [6.45, 7) is 1.71. The molecule has 0 radical (unpaired) electrons. The van der Waals surface area contributed by atoms with Crippen molar-refractivity contribution in [1.29, 1.82) is 0 Å². The number of imide groups is 1. The molecule has 3 amide bonds. The summed E-state index contributed by atoms with van der Waals surface area (Å²) in [6.07, 6.45) is -0.676. The van der Waals surface area contributed by atoms with Gasteiger partial charge >= 0.3 is 11.8 Å². The molecule has 1 aliphatic heterocycles. The fraction of sp³-hybridized carbons (Fsp3) is 0.571. The Morgan fingerprint density at radius 2 is 2.00 bits per heavy atom. The third-order valence-electron chi connectivity index (χ3n) is 1.86. The van der Waals surface area contributed by atoms with Crippen molar-refractivity contribution >= 4 is 18.2 Å². The molecule has 1 atom stereocenters. The lowest BCUT2D eigenvalue weighted by Gasteiger charge is -2.32. The topological polar surface area (TPSA) is 77.9 Å². The first-order valence-electron chi connectivity index (χ1n) is 3.83. The molecule has 1 unspecified atom stereocenters. The first-order valence-corrected chi connectivity index (χ1v) is 3.83.